The minimum absolute atomic E-state index is 0.141. The van der Waals surface area contributed by atoms with Crippen LogP contribution in [0.25, 0.3) is 0 Å². The molecule has 24 heavy (non-hydrogen) atoms. The van der Waals surface area contributed by atoms with Gasteiger partial charge in [0.1, 0.15) is 5.60 Å². The average Bonchev–Trinajstić information content (AvgIpc) is 3.10. The summed E-state index contributed by atoms with van der Waals surface area (Å²) in [6, 6.07) is 1.48. The summed E-state index contributed by atoms with van der Waals surface area (Å²) in [6.45, 7) is 11.2. The summed E-state index contributed by atoms with van der Waals surface area (Å²) in [5, 5.41) is 3.81. The molecule has 3 aliphatic heterocycles. The van der Waals surface area contributed by atoms with Gasteiger partial charge in [-0.1, -0.05) is 0 Å². The number of hydrogen-bond acceptors (Lipinski definition) is 4. The van der Waals surface area contributed by atoms with E-state index >= 15 is 0 Å². The quantitative estimate of drug-likeness (QED) is 0.857. The van der Waals surface area contributed by atoms with Gasteiger partial charge in [-0.25, -0.2) is 4.79 Å². The Hall–Kier alpha value is -0.810. The fourth-order valence-electron chi connectivity index (χ4n) is 4.59. The van der Waals surface area contributed by atoms with Crippen LogP contribution in [0, 0.1) is 5.92 Å². The third kappa shape index (κ3) is 4.63. The molecule has 3 unspecified atom stereocenters. The molecule has 0 aliphatic carbocycles. The van der Waals surface area contributed by atoms with E-state index in [1.807, 2.05) is 25.7 Å². The van der Waals surface area contributed by atoms with E-state index in [-0.39, 0.29) is 6.09 Å². The van der Waals surface area contributed by atoms with Crippen LogP contribution in [0.5, 0.6) is 0 Å². The van der Waals surface area contributed by atoms with Gasteiger partial charge in [0.05, 0.1) is 0 Å². The van der Waals surface area contributed by atoms with Gasteiger partial charge >= 0.3 is 6.09 Å². The molecule has 1 N–H and O–H groups in total. The van der Waals surface area contributed by atoms with Gasteiger partial charge in [-0.3, -0.25) is 4.90 Å². The van der Waals surface area contributed by atoms with E-state index < -0.39 is 5.60 Å². The molecule has 138 valence electrons. The number of piperidine rings is 1. The van der Waals surface area contributed by atoms with Crippen LogP contribution in [-0.2, 0) is 4.74 Å². The molecule has 0 aromatic carbocycles. The molecule has 3 aliphatic rings. The van der Waals surface area contributed by atoms with Crippen LogP contribution in [-0.4, -0.2) is 66.3 Å². The third-order valence-corrected chi connectivity index (χ3v) is 5.74. The van der Waals surface area contributed by atoms with Gasteiger partial charge in [-0.15, -0.1) is 0 Å². The highest BCUT2D eigenvalue weighted by Gasteiger charge is 2.36. The second kappa shape index (κ2) is 7.61. The van der Waals surface area contributed by atoms with Crippen LogP contribution in [0.15, 0.2) is 0 Å². The first kappa shape index (κ1) is 18.0. The van der Waals surface area contributed by atoms with Crippen molar-refractivity contribution in [3.05, 3.63) is 0 Å². The van der Waals surface area contributed by atoms with E-state index in [0.29, 0.717) is 12.0 Å². The van der Waals surface area contributed by atoms with E-state index in [1.54, 1.807) is 0 Å². The number of nitrogens with zero attached hydrogens (tertiary/aromatic N) is 2. The molecule has 3 rings (SSSR count). The summed E-state index contributed by atoms with van der Waals surface area (Å²) in [4.78, 5) is 16.8. The Balaban J connectivity index is 1.38. The summed E-state index contributed by atoms with van der Waals surface area (Å²) in [6.07, 6.45) is 7.41. The minimum Gasteiger partial charge on any atom is -0.444 e. The van der Waals surface area contributed by atoms with E-state index in [1.165, 1.54) is 45.2 Å². The zero-order valence-electron chi connectivity index (χ0n) is 15.7. The lowest BCUT2D eigenvalue weighted by atomic mass is 9.94. The summed E-state index contributed by atoms with van der Waals surface area (Å²) in [5.41, 5.74) is -0.402. The predicted octanol–water partition coefficient (Wildman–Crippen LogP) is 2.85. The third-order valence-electron chi connectivity index (χ3n) is 5.74. The predicted molar refractivity (Wildman–Crippen MR) is 96.2 cm³/mol. The Kier molecular flexibility index (Phi) is 5.70. The molecular weight excluding hydrogens is 302 g/mol. The normalized spacial score (nSPS) is 31.3. The fourth-order valence-corrected chi connectivity index (χ4v) is 4.59. The van der Waals surface area contributed by atoms with Crippen molar-refractivity contribution in [2.75, 3.05) is 32.7 Å². The van der Waals surface area contributed by atoms with Gasteiger partial charge in [0.25, 0.3) is 0 Å². The Labute approximate surface area is 147 Å². The molecule has 0 aromatic heterocycles. The topological polar surface area (TPSA) is 44.8 Å². The highest BCUT2D eigenvalue weighted by molar-refractivity contribution is 5.68. The van der Waals surface area contributed by atoms with Crippen LogP contribution in [0.2, 0.25) is 0 Å². The largest absolute Gasteiger partial charge is 0.444 e. The van der Waals surface area contributed by atoms with Gasteiger partial charge in [-0.05, 0) is 78.3 Å². The Morgan fingerprint density at radius 3 is 2.71 bits per heavy atom. The van der Waals surface area contributed by atoms with Gasteiger partial charge in [0.15, 0.2) is 0 Å². The summed E-state index contributed by atoms with van der Waals surface area (Å²) >= 11 is 0. The molecule has 0 radical (unpaired) electrons. The smallest absolute Gasteiger partial charge is 0.410 e. The van der Waals surface area contributed by atoms with Crippen molar-refractivity contribution in [1.82, 2.24) is 15.1 Å². The van der Waals surface area contributed by atoms with Crippen LogP contribution in [0.1, 0.15) is 59.3 Å². The number of nitrogens with one attached hydrogen (secondary N) is 1. The lowest BCUT2D eigenvalue weighted by Crippen LogP contribution is -2.44. The van der Waals surface area contributed by atoms with Crippen molar-refractivity contribution in [2.45, 2.75) is 77.0 Å². The molecule has 0 aromatic rings. The molecule has 3 atom stereocenters. The van der Waals surface area contributed by atoms with Crippen LogP contribution < -0.4 is 5.32 Å². The molecule has 5 nitrogen and oxygen atoms in total. The first-order valence-corrected chi connectivity index (χ1v) is 9.88. The number of carbonyl (C=O) groups is 1. The molecule has 3 saturated heterocycles. The Morgan fingerprint density at radius 1 is 1.12 bits per heavy atom. The zero-order valence-corrected chi connectivity index (χ0v) is 15.7. The maximum absolute atomic E-state index is 12.2. The second-order valence-electron chi connectivity index (χ2n) is 8.82. The average molecular weight is 338 g/mol. The molecule has 3 fully saturated rings. The number of ether oxygens (including phenoxy) is 1. The number of carbonyl (C=O) groups excluding carboxylic acids is 1. The van der Waals surface area contributed by atoms with Crippen molar-refractivity contribution in [3.8, 4) is 0 Å². The zero-order chi connectivity index (χ0) is 17.2. The summed E-state index contributed by atoms with van der Waals surface area (Å²) in [7, 11) is 0. The Morgan fingerprint density at radius 2 is 1.92 bits per heavy atom. The van der Waals surface area contributed by atoms with E-state index in [2.05, 4.69) is 10.2 Å². The summed E-state index contributed by atoms with van der Waals surface area (Å²) < 4.78 is 5.52. The van der Waals surface area contributed by atoms with Crippen LogP contribution in [0.4, 0.5) is 4.79 Å². The molecule has 1 amide bonds. The van der Waals surface area contributed by atoms with Crippen molar-refractivity contribution >= 4 is 6.09 Å². The monoisotopic (exact) mass is 337 g/mol. The van der Waals surface area contributed by atoms with Crippen molar-refractivity contribution in [1.29, 1.82) is 0 Å². The van der Waals surface area contributed by atoms with Gasteiger partial charge in [0, 0.05) is 31.7 Å². The second-order valence-corrected chi connectivity index (χ2v) is 8.82. The minimum atomic E-state index is -0.402. The number of likely N-dealkylation sites (tertiary alicyclic amines) is 1. The standard InChI is InChI=1S/C19H35N3O2/c1-19(2,3)24-18(23)22-12-4-6-15(14-22)8-10-20-16-9-13-21-11-5-7-17(16)21/h15-17,20H,4-14H2,1-3H3. The molecule has 3 heterocycles. The lowest BCUT2D eigenvalue weighted by Gasteiger charge is -2.34. The molecule has 5 heteroatoms. The van der Waals surface area contributed by atoms with Gasteiger partial charge in [0.2, 0.25) is 0 Å². The van der Waals surface area contributed by atoms with Crippen molar-refractivity contribution in [2.24, 2.45) is 5.92 Å². The Bertz CT molecular complexity index is 435. The highest BCUT2D eigenvalue weighted by Crippen LogP contribution is 2.28. The summed E-state index contributed by atoms with van der Waals surface area (Å²) in [5.74, 6) is 0.611. The number of amides is 1. The highest BCUT2D eigenvalue weighted by atomic mass is 16.6. The molecule has 0 bridgehead atoms. The number of fused-ring (bicyclic) bond motifs is 1. The first-order chi connectivity index (χ1) is 11.4. The SMILES string of the molecule is CC(C)(C)OC(=O)N1CCCC(CCNC2CCN3CCCC23)C1. The lowest BCUT2D eigenvalue weighted by molar-refractivity contribution is 0.0161. The van der Waals surface area contributed by atoms with Gasteiger partial charge < -0.3 is 15.0 Å². The molecule has 0 spiro atoms. The van der Waals surface area contributed by atoms with E-state index in [4.69, 9.17) is 4.74 Å². The number of rotatable bonds is 4. The fraction of sp³-hybridized carbons (Fsp3) is 0.947. The number of hydrogen-bond donors (Lipinski definition) is 1. The first-order valence-electron chi connectivity index (χ1n) is 9.88. The van der Waals surface area contributed by atoms with Crippen LogP contribution >= 0.6 is 0 Å². The molecule has 0 saturated carbocycles. The maximum atomic E-state index is 12.2. The van der Waals surface area contributed by atoms with Crippen molar-refractivity contribution in [3.63, 3.8) is 0 Å². The van der Waals surface area contributed by atoms with Crippen LogP contribution in [0.3, 0.4) is 0 Å². The van der Waals surface area contributed by atoms with Gasteiger partial charge in [-0.2, -0.15) is 0 Å². The van der Waals surface area contributed by atoms with E-state index in [0.717, 1.165) is 32.1 Å². The van der Waals surface area contributed by atoms with Crippen molar-refractivity contribution < 1.29 is 9.53 Å². The molecular formula is C19H35N3O2. The van der Waals surface area contributed by atoms with E-state index in [9.17, 15) is 4.79 Å². The maximum Gasteiger partial charge on any atom is 0.410 e.